The zero-order valence-electron chi connectivity index (χ0n) is 21.6. The number of hydrogen-bond acceptors (Lipinski definition) is 8. The van der Waals surface area contributed by atoms with Gasteiger partial charge in [0, 0.05) is 12.7 Å². The molecule has 0 aliphatic heterocycles. The summed E-state index contributed by atoms with van der Waals surface area (Å²) in [5.41, 5.74) is -2.67. The molecule has 0 amide bonds. The summed E-state index contributed by atoms with van der Waals surface area (Å²) in [5.74, 6) is -1.77. The van der Waals surface area contributed by atoms with Crippen LogP contribution in [-0.4, -0.2) is 62.8 Å². The fraction of sp³-hybridized carbons (Fsp3) is 0.875. The second kappa shape index (κ2) is 18.6. The SMILES string of the molecule is C=CC(=O)[P+](=O)C(OCCC)(OCCC)C(OCCC)C(OCCC)(OCCC)OCCC. The third kappa shape index (κ3) is 9.81. The third-order valence-electron chi connectivity index (χ3n) is 4.35. The van der Waals surface area contributed by atoms with Crippen molar-refractivity contribution in [2.75, 3.05) is 39.6 Å². The van der Waals surface area contributed by atoms with E-state index in [9.17, 15) is 9.36 Å². The van der Waals surface area contributed by atoms with Crippen LogP contribution in [0.2, 0.25) is 0 Å². The minimum Gasteiger partial charge on any atom is -0.361 e. The Morgan fingerprint density at radius 1 is 0.727 bits per heavy atom. The molecule has 0 aliphatic rings. The Kier molecular flexibility index (Phi) is 18.2. The first kappa shape index (κ1) is 32.3. The quantitative estimate of drug-likeness (QED) is 0.101. The summed E-state index contributed by atoms with van der Waals surface area (Å²) in [6.45, 7) is 16.7. The van der Waals surface area contributed by atoms with Crippen molar-refractivity contribution in [3.05, 3.63) is 12.7 Å². The van der Waals surface area contributed by atoms with Gasteiger partial charge in [-0.25, -0.2) is 4.79 Å². The molecule has 0 aromatic heterocycles. The molecule has 0 radical (unpaired) electrons. The lowest BCUT2D eigenvalue weighted by Crippen LogP contribution is -2.63. The Hall–Kier alpha value is -0.730. The Morgan fingerprint density at radius 3 is 1.42 bits per heavy atom. The van der Waals surface area contributed by atoms with Crippen LogP contribution in [0.3, 0.4) is 0 Å². The van der Waals surface area contributed by atoms with Crippen molar-refractivity contribution in [2.45, 2.75) is 97.7 Å². The van der Waals surface area contributed by atoms with Crippen molar-refractivity contribution < 1.29 is 37.8 Å². The van der Waals surface area contributed by atoms with Gasteiger partial charge in [-0.1, -0.05) is 52.7 Å². The lowest BCUT2D eigenvalue weighted by molar-refractivity contribution is -0.447. The minimum atomic E-state index is -2.79. The molecule has 0 fully saturated rings. The fourth-order valence-corrected chi connectivity index (χ4v) is 4.24. The first-order valence-electron chi connectivity index (χ1n) is 12.3. The molecule has 33 heavy (non-hydrogen) atoms. The van der Waals surface area contributed by atoms with Crippen molar-refractivity contribution in [3.63, 3.8) is 0 Å². The Balaban J connectivity index is 6.97. The molecule has 0 spiro atoms. The second-order valence-corrected chi connectivity index (χ2v) is 9.22. The van der Waals surface area contributed by atoms with Crippen LogP contribution in [0.4, 0.5) is 0 Å². The van der Waals surface area contributed by atoms with Gasteiger partial charge < -0.3 is 28.4 Å². The van der Waals surface area contributed by atoms with Crippen LogP contribution in [-0.2, 0) is 37.8 Å². The highest BCUT2D eigenvalue weighted by Gasteiger charge is 2.71. The summed E-state index contributed by atoms with van der Waals surface area (Å²) in [5, 5.41) is 0. The second-order valence-electron chi connectivity index (χ2n) is 7.56. The Bertz CT molecular complexity index is 525. The van der Waals surface area contributed by atoms with E-state index in [1.807, 2.05) is 41.5 Å². The molecule has 0 N–H and O–H groups in total. The summed E-state index contributed by atoms with van der Waals surface area (Å²) in [6, 6.07) is 0. The first-order valence-corrected chi connectivity index (χ1v) is 13.6. The summed E-state index contributed by atoms with van der Waals surface area (Å²) in [6.07, 6.45) is 3.70. The standard InChI is InChI=1S/C24H46O8P/c1-8-15-27-22(23(28-16-9-2,29-17-10-3)30-18-11-4)24(31-19-12-5,32-20-13-6)33(26)21(25)14-7/h14,22H,7-13,15-20H2,1-6H3/q+1. The van der Waals surface area contributed by atoms with Crippen LogP contribution in [0.25, 0.3) is 0 Å². The Morgan fingerprint density at radius 2 is 1.09 bits per heavy atom. The third-order valence-corrected chi connectivity index (χ3v) is 5.99. The van der Waals surface area contributed by atoms with E-state index in [2.05, 4.69) is 6.58 Å². The van der Waals surface area contributed by atoms with Crippen LogP contribution in [0.5, 0.6) is 0 Å². The Labute approximate surface area is 201 Å². The van der Waals surface area contributed by atoms with Crippen LogP contribution < -0.4 is 0 Å². The van der Waals surface area contributed by atoms with E-state index in [0.717, 1.165) is 6.08 Å². The molecule has 8 nitrogen and oxygen atoms in total. The number of ether oxygens (including phenoxy) is 6. The summed E-state index contributed by atoms with van der Waals surface area (Å²) in [4.78, 5) is 12.7. The monoisotopic (exact) mass is 493 g/mol. The normalized spacial score (nSPS) is 13.7. The summed E-state index contributed by atoms with van der Waals surface area (Å²) in [7, 11) is -2.79. The highest BCUT2D eigenvalue weighted by Crippen LogP contribution is 2.50. The average Bonchev–Trinajstić information content (AvgIpc) is 2.84. The summed E-state index contributed by atoms with van der Waals surface area (Å²) >= 11 is 0. The molecular weight excluding hydrogens is 447 g/mol. The van der Waals surface area contributed by atoms with Crippen molar-refractivity contribution in [2.24, 2.45) is 0 Å². The molecule has 0 saturated heterocycles. The number of carbonyl (C=O) groups excluding carboxylic acids is 1. The highest BCUT2D eigenvalue weighted by atomic mass is 31.1. The number of rotatable bonds is 23. The molecule has 194 valence electrons. The molecular formula is C24H46O8P+. The van der Waals surface area contributed by atoms with Crippen LogP contribution >= 0.6 is 7.80 Å². The molecule has 0 aromatic rings. The van der Waals surface area contributed by atoms with Crippen LogP contribution in [0.1, 0.15) is 80.1 Å². The van der Waals surface area contributed by atoms with E-state index in [0.29, 0.717) is 58.3 Å². The van der Waals surface area contributed by atoms with Gasteiger partial charge >= 0.3 is 24.8 Å². The first-order chi connectivity index (χ1) is 15.9. The van der Waals surface area contributed by atoms with Gasteiger partial charge in [0.15, 0.2) is 0 Å². The van der Waals surface area contributed by atoms with Crippen LogP contribution in [0.15, 0.2) is 12.7 Å². The van der Waals surface area contributed by atoms with Gasteiger partial charge in [-0.15, -0.1) is 0 Å². The molecule has 0 heterocycles. The van der Waals surface area contributed by atoms with Crippen LogP contribution in [0, 0.1) is 0 Å². The predicted octanol–water partition coefficient (Wildman–Crippen LogP) is 5.76. The highest BCUT2D eigenvalue weighted by molar-refractivity contribution is 7.65. The maximum Gasteiger partial charge on any atom is 0.488 e. The van der Waals surface area contributed by atoms with Crippen molar-refractivity contribution in [1.82, 2.24) is 0 Å². The molecule has 2 unspecified atom stereocenters. The topological polar surface area (TPSA) is 89.5 Å². The van der Waals surface area contributed by atoms with E-state index in [-0.39, 0.29) is 19.8 Å². The van der Waals surface area contributed by atoms with Gasteiger partial charge in [0.1, 0.15) is 0 Å². The van der Waals surface area contributed by atoms with Gasteiger partial charge in [-0.05, 0) is 38.5 Å². The smallest absolute Gasteiger partial charge is 0.361 e. The number of hydrogen-bond donors (Lipinski definition) is 0. The summed E-state index contributed by atoms with van der Waals surface area (Å²) < 4.78 is 50.7. The minimum absolute atomic E-state index is 0.187. The van der Waals surface area contributed by atoms with Gasteiger partial charge in [0.05, 0.1) is 33.0 Å². The zero-order chi connectivity index (χ0) is 25.2. The van der Waals surface area contributed by atoms with E-state index >= 15 is 0 Å². The van der Waals surface area contributed by atoms with E-state index < -0.39 is 30.9 Å². The average molecular weight is 494 g/mol. The van der Waals surface area contributed by atoms with Gasteiger partial charge in [0.2, 0.25) is 6.10 Å². The number of allylic oxidation sites excluding steroid dienone is 1. The molecule has 2 atom stereocenters. The lowest BCUT2D eigenvalue weighted by atomic mass is 10.2. The lowest BCUT2D eigenvalue weighted by Gasteiger charge is -2.42. The predicted molar refractivity (Wildman–Crippen MR) is 130 cm³/mol. The van der Waals surface area contributed by atoms with E-state index in [1.54, 1.807) is 0 Å². The van der Waals surface area contributed by atoms with Crippen molar-refractivity contribution >= 4 is 13.3 Å². The molecule has 9 heteroatoms. The van der Waals surface area contributed by atoms with Crippen molar-refractivity contribution in [3.8, 4) is 0 Å². The van der Waals surface area contributed by atoms with Gasteiger partial charge in [0.25, 0.3) is 0 Å². The molecule has 0 rings (SSSR count). The van der Waals surface area contributed by atoms with Gasteiger partial charge in [-0.3, -0.25) is 0 Å². The molecule has 0 saturated carbocycles. The molecule has 0 bridgehead atoms. The maximum atomic E-state index is 13.7. The number of carbonyl (C=O) groups is 1. The van der Waals surface area contributed by atoms with Gasteiger partial charge in [-0.2, -0.15) is 0 Å². The van der Waals surface area contributed by atoms with E-state index in [4.69, 9.17) is 28.4 Å². The van der Waals surface area contributed by atoms with Crippen molar-refractivity contribution in [1.29, 1.82) is 0 Å². The van der Waals surface area contributed by atoms with E-state index in [1.165, 1.54) is 0 Å². The molecule has 0 aromatic carbocycles. The zero-order valence-corrected chi connectivity index (χ0v) is 22.5. The molecule has 0 aliphatic carbocycles. The maximum absolute atomic E-state index is 13.7. The fourth-order valence-electron chi connectivity index (χ4n) is 2.90. The largest absolute Gasteiger partial charge is 0.488 e.